The van der Waals surface area contributed by atoms with Crippen LogP contribution in [0.1, 0.15) is 5.56 Å². The maximum atomic E-state index is 13.1. The van der Waals surface area contributed by atoms with Gasteiger partial charge >= 0.3 is 0 Å². The van der Waals surface area contributed by atoms with E-state index in [4.69, 9.17) is 0 Å². The van der Waals surface area contributed by atoms with Crippen molar-refractivity contribution < 1.29 is 12.8 Å². The number of hydrogen-bond acceptors (Lipinski definition) is 2. The molecule has 0 saturated heterocycles. The van der Waals surface area contributed by atoms with Gasteiger partial charge in [-0.3, -0.25) is 4.72 Å². The molecule has 0 unspecified atom stereocenters. The van der Waals surface area contributed by atoms with Gasteiger partial charge in [0.05, 0.1) is 5.69 Å². The molecule has 1 N–H and O–H groups in total. The van der Waals surface area contributed by atoms with Gasteiger partial charge in [0.2, 0.25) is 0 Å². The molecule has 0 aliphatic rings. The van der Waals surface area contributed by atoms with Crippen LogP contribution in [0.2, 0.25) is 0 Å². The van der Waals surface area contributed by atoms with E-state index in [1.807, 2.05) is 6.92 Å². The van der Waals surface area contributed by atoms with Gasteiger partial charge in [-0.25, -0.2) is 12.8 Å². The van der Waals surface area contributed by atoms with Crippen LogP contribution in [0.25, 0.3) is 0 Å². The molecule has 0 aromatic heterocycles. The molecule has 0 atom stereocenters. The molecule has 2 aromatic rings. The lowest BCUT2D eigenvalue weighted by atomic mass is 10.2. The Morgan fingerprint density at radius 3 is 2.10 bits per heavy atom. The van der Waals surface area contributed by atoms with Crippen molar-refractivity contribution in [3.05, 3.63) is 55.1 Å². The fourth-order valence-electron chi connectivity index (χ4n) is 1.68. The molecule has 0 bridgehead atoms. The maximum absolute atomic E-state index is 13.1. The number of sulfonamides is 1. The first-order valence-corrected chi connectivity index (χ1v) is 9.50. The van der Waals surface area contributed by atoms with Crippen molar-refractivity contribution in [1.29, 1.82) is 0 Å². The summed E-state index contributed by atoms with van der Waals surface area (Å²) >= 11 is 9.71. The standard InChI is InChI=1S/C13H9Br3FNO2S/c1-7-4-10(15)13(11(16)5-7)18-21(19,20)12-3-2-8(17)6-9(12)14/h2-6,18H,1H3. The molecule has 0 spiro atoms. The highest BCUT2D eigenvalue weighted by Crippen LogP contribution is 2.35. The van der Waals surface area contributed by atoms with Gasteiger partial charge in [-0.1, -0.05) is 0 Å². The predicted octanol–water partition coefficient (Wildman–Crippen LogP) is 5.22. The summed E-state index contributed by atoms with van der Waals surface area (Å²) in [6.07, 6.45) is 0. The van der Waals surface area contributed by atoms with Crippen molar-refractivity contribution in [3.63, 3.8) is 0 Å². The molecule has 21 heavy (non-hydrogen) atoms. The number of rotatable bonds is 3. The Morgan fingerprint density at radius 1 is 1.00 bits per heavy atom. The number of aryl methyl sites for hydroxylation is 1. The lowest BCUT2D eigenvalue weighted by molar-refractivity contribution is 0.599. The summed E-state index contributed by atoms with van der Waals surface area (Å²) in [6.45, 7) is 1.89. The van der Waals surface area contributed by atoms with E-state index in [2.05, 4.69) is 52.5 Å². The first-order chi connectivity index (χ1) is 9.70. The van der Waals surface area contributed by atoms with Crippen LogP contribution < -0.4 is 4.72 Å². The third-order valence-corrected chi connectivity index (χ3v) is 6.18. The average molecular weight is 502 g/mol. The lowest BCUT2D eigenvalue weighted by Gasteiger charge is -2.13. The van der Waals surface area contributed by atoms with E-state index in [9.17, 15) is 12.8 Å². The number of halogens is 4. The van der Waals surface area contributed by atoms with E-state index in [1.54, 1.807) is 12.1 Å². The second kappa shape index (κ2) is 6.36. The average Bonchev–Trinajstić information content (AvgIpc) is 2.33. The Kier molecular flexibility index (Phi) is 5.12. The highest BCUT2D eigenvalue weighted by molar-refractivity contribution is 9.11. The van der Waals surface area contributed by atoms with Gasteiger partial charge in [0.15, 0.2) is 0 Å². The number of hydrogen-bond donors (Lipinski definition) is 1. The molecule has 112 valence electrons. The molecule has 0 amide bonds. The maximum Gasteiger partial charge on any atom is 0.263 e. The second-order valence-electron chi connectivity index (χ2n) is 4.28. The molecule has 0 saturated carbocycles. The van der Waals surface area contributed by atoms with Crippen LogP contribution >= 0.6 is 47.8 Å². The lowest BCUT2D eigenvalue weighted by Crippen LogP contribution is -2.14. The molecular formula is C13H9Br3FNO2S. The highest BCUT2D eigenvalue weighted by Gasteiger charge is 2.20. The minimum Gasteiger partial charge on any atom is -0.277 e. The number of nitrogens with one attached hydrogen (secondary N) is 1. The van der Waals surface area contributed by atoms with Crippen molar-refractivity contribution in [3.8, 4) is 0 Å². The second-order valence-corrected chi connectivity index (χ2v) is 8.50. The van der Waals surface area contributed by atoms with E-state index in [1.165, 1.54) is 6.07 Å². The molecule has 3 nitrogen and oxygen atoms in total. The summed E-state index contributed by atoms with van der Waals surface area (Å²) in [5, 5.41) is 0. The largest absolute Gasteiger partial charge is 0.277 e. The summed E-state index contributed by atoms with van der Waals surface area (Å²) in [7, 11) is -3.84. The monoisotopic (exact) mass is 499 g/mol. The highest BCUT2D eigenvalue weighted by atomic mass is 79.9. The molecule has 8 heteroatoms. The summed E-state index contributed by atoms with van der Waals surface area (Å²) in [4.78, 5) is -0.0386. The van der Waals surface area contributed by atoms with Crippen molar-refractivity contribution in [2.45, 2.75) is 11.8 Å². The first-order valence-electron chi connectivity index (χ1n) is 5.64. The minimum absolute atomic E-state index is 0.0386. The summed E-state index contributed by atoms with van der Waals surface area (Å²) in [5.41, 5.74) is 1.36. The van der Waals surface area contributed by atoms with Gasteiger partial charge in [-0.05, 0) is 90.6 Å². The SMILES string of the molecule is Cc1cc(Br)c(NS(=O)(=O)c2ccc(F)cc2Br)c(Br)c1. The van der Waals surface area contributed by atoms with Crippen LogP contribution in [-0.4, -0.2) is 8.42 Å². The molecule has 0 radical (unpaired) electrons. The zero-order valence-corrected chi connectivity index (χ0v) is 16.2. The van der Waals surface area contributed by atoms with Crippen molar-refractivity contribution >= 4 is 63.5 Å². The Bertz CT molecular complexity index is 786. The van der Waals surface area contributed by atoms with Crippen molar-refractivity contribution in [2.75, 3.05) is 4.72 Å². The van der Waals surface area contributed by atoms with Crippen LogP contribution in [0.15, 0.2) is 48.6 Å². The summed E-state index contributed by atoms with van der Waals surface area (Å²) < 4.78 is 41.8. The first kappa shape index (κ1) is 16.9. The minimum atomic E-state index is -3.84. The smallest absolute Gasteiger partial charge is 0.263 e. The van der Waals surface area contributed by atoms with Gasteiger partial charge in [-0.2, -0.15) is 0 Å². The number of benzene rings is 2. The fraction of sp³-hybridized carbons (Fsp3) is 0.0769. The van der Waals surface area contributed by atoms with Crippen LogP contribution in [0.5, 0.6) is 0 Å². The third-order valence-electron chi connectivity index (χ3n) is 2.61. The van der Waals surface area contributed by atoms with E-state index < -0.39 is 15.8 Å². The van der Waals surface area contributed by atoms with E-state index in [-0.39, 0.29) is 9.37 Å². The quantitative estimate of drug-likeness (QED) is 0.626. The van der Waals surface area contributed by atoms with Gasteiger partial charge in [0, 0.05) is 13.4 Å². The normalized spacial score (nSPS) is 11.5. The Labute approximate surface area is 147 Å². The molecule has 0 fully saturated rings. The Balaban J connectivity index is 2.47. The zero-order chi connectivity index (χ0) is 15.8. The van der Waals surface area contributed by atoms with Gasteiger partial charge in [-0.15, -0.1) is 0 Å². The van der Waals surface area contributed by atoms with E-state index >= 15 is 0 Å². The molecule has 0 heterocycles. The third kappa shape index (κ3) is 3.85. The molecule has 0 aliphatic heterocycles. The van der Waals surface area contributed by atoms with Gasteiger partial charge in [0.1, 0.15) is 10.7 Å². The fourth-order valence-corrected chi connectivity index (χ4v) is 5.71. The van der Waals surface area contributed by atoms with Crippen molar-refractivity contribution in [1.82, 2.24) is 0 Å². The van der Waals surface area contributed by atoms with Crippen LogP contribution in [-0.2, 0) is 10.0 Å². The van der Waals surface area contributed by atoms with Crippen molar-refractivity contribution in [2.24, 2.45) is 0 Å². The molecule has 0 aliphatic carbocycles. The van der Waals surface area contributed by atoms with E-state index in [0.29, 0.717) is 14.6 Å². The Hall–Kier alpha value is -0.440. The van der Waals surface area contributed by atoms with Crippen LogP contribution in [0.3, 0.4) is 0 Å². The molecule has 2 aromatic carbocycles. The van der Waals surface area contributed by atoms with Gasteiger partial charge in [0.25, 0.3) is 10.0 Å². The van der Waals surface area contributed by atoms with Gasteiger partial charge < -0.3 is 0 Å². The molecular weight excluding hydrogens is 493 g/mol. The van der Waals surface area contributed by atoms with E-state index in [0.717, 1.165) is 17.7 Å². The van der Waals surface area contributed by atoms with Crippen LogP contribution in [0, 0.1) is 12.7 Å². The van der Waals surface area contributed by atoms with Crippen LogP contribution in [0.4, 0.5) is 10.1 Å². The topological polar surface area (TPSA) is 46.2 Å². The summed E-state index contributed by atoms with van der Waals surface area (Å²) in [5.74, 6) is -0.515. The summed E-state index contributed by atoms with van der Waals surface area (Å²) in [6, 6.07) is 6.99. The molecule has 2 rings (SSSR count). The zero-order valence-electron chi connectivity index (χ0n) is 10.6. The Morgan fingerprint density at radius 2 is 1.57 bits per heavy atom. The number of anilines is 1. The predicted molar refractivity (Wildman–Crippen MR) is 91.5 cm³/mol.